The maximum atomic E-state index is 9.55. The lowest BCUT2D eigenvalue weighted by atomic mass is 9.94. The lowest BCUT2D eigenvalue weighted by molar-refractivity contribution is -0.0403. The molecule has 3 heteroatoms. The van der Waals surface area contributed by atoms with Crippen LogP contribution in [0.15, 0.2) is 0 Å². The normalized spacial score (nSPS) is 30.5. The molecule has 0 radical (unpaired) electrons. The largest absolute Gasteiger partial charge is 0.393 e. The first-order valence-corrected chi connectivity index (χ1v) is 4.59. The molecule has 0 aromatic carbocycles. The number of hydrogen-bond donors (Lipinski definition) is 1. The molecule has 0 aromatic rings. The first-order chi connectivity index (χ1) is 5.84. The Bertz CT molecular complexity index is 116. The standard InChI is InChI=1S/C9H18O3/c1-11-5-2-3-8-7-12-6-4-9(8)10/h8-10H,2-7H2,1H3. The molecular weight excluding hydrogens is 156 g/mol. The Morgan fingerprint density at radius 1 is 1.58 bits per heavy atom. The van der Waals surface area contributed by atoms with Crippen LogP contribution in [0, 0.1) is 5.92 Å². The molecule has 0 amide bonds. The van der Waals surface area contributed by atoms with E-state index in [2.05, 4.69) is 0 Å². The SMILES string of the molecule is COCCCC1COCCC1O. The Kier molecular flexibility index (Phi) is 4.58. The summed E-state index contributed by atoms with van der Waals surface area (Å²) in [6.45, 7) is 2.20. The lowest BCUT2D eigenvalue weighted by Gasteiger charge is -2.27. The van der Waals surface area contributed by atoms with Crippen LogP contribution in [-0.2, 0) is 9.47 Å². The summed E-state index contributed by atoms with van der Waals surface area (Å²) in [6, 6.07) is 0. The van der Waals surface area contributed by atoms with Crippen LogP contribution in [0.4, 0.5) is 0 Å². The molecule has 0 spiro atoms. The second kappa shape index (κ2) is 5.51. The third kappa shape index (κ3) is 3.09. The van der Waals surface area contributed by atoms with Gasteiger partial charge in [-0.1, -0.05) is 0 Å². The molecule has 1 aliphatic heterocycles. The van der Waals surface area contributed by atoms with E-state index >= 15 is 0 Å². The van der Waals surface area contributed by atoms with Crippen molar-refractivity contribution in [2.45, 2.75) is 25.4 Å². The van der Waals surface area contributed by atoms with E-state index in [9.17, 15) is 5.11 Å². The molecule has 72 valence electrons. The van der Waals surface area contributed by atoms with Gasteiger partial charge in [-0.15, -0.1) is 0 Å². The highest BCUT2D eigenvalue weighted by Crippen LogP contribution is 2.19. The summed E-state index contributed by atoms with van der Waals surface area (Å²) in [4.78, 5) is 0. The zero-order valence-corrected chi connectivity index (χ0v) is 7.66. The summed E-state index contributed by atoms with van der Waals surface area (Å²) >= 11 is 0. The maximum Gasteiger partial charge on any atom is 0.0612 e. The summed E-state index contributed by atoms with van der Waals surface area (Å²) in [5.74, 6) is 0.328. The van der Waals surface area contributed by atoms with E-state index in [0.717, 1.165) is 25.9 Å². The van der Waals surface area contributed by atoms with Gasteiger partial charge in [-0.3, -0.25) is 0 Å². The van der Waals surface area contributed by atoms with Crippen molar-refractivity contribution in [3.8, 4) is 0 Å². The van der Waals surface area contributed by atoms with Crippen LogP contribution >= 0.6 is 0 Å². The fourth-order valence-electron chi connectivity index (χ4n) is 1.55. The topological polar surface area (TPSA) is 38.7 Å². The van der Waals surface area contributed by atoms with Crippen molar-refractivity contribution < 1.29 is 14.6 Å². The van der Waals surface area contributed by atoms with Crippen molar-refractivity contribution >= 4 is 0 Å². The van der Waals surface area contributed by atoms with Gasteiger partial charge in [0.1, 0.15) is 0 Å². The van der Waals surface area contributed by atoms with E-state index < -0.39 is 0 Å². The Morgan fingerprint density at radius 2 is 2.42 bits per heavy atom. The van der Waals surface area contributed by atoms with Crippen LogP contribution < -0.4 is 0 Å². The average Bonchev–Trinajstić information content (AvgIpc) is 2.09. The van der Waals surface area contributed by atoms with Gasteiger partial charge in [-0.05, 0) is 19.3 Å². The molecule has 2 atom stereocenters. The number of aliphatic hydroxyl groups excluding tert-OH is 1. The summed E-state index contributed by atoms with van der Waals surface area (Å²) in [5, 5.41) is 9.55. The first-order valence-electron chi connectivity index (χ1n) is 4.59. The third-order valence-electron chi connectivity index (χ3n) is 2.36. The van der Waals surface area contributed by atoms with Gasteiger partial charge in [0, 0.05) is 26.2 Å². The zero-order chi connectivity index (χ0) is 8.81. The molecule has 1 aliphatic rings. The van der Waals surface area contributed by atoms with Gasteiger partial charge < -0.3 is 14.6 Å². The molecule has 2 unspecified atom stereocenters. The summed E-state index contributed by atoms with van der Waals surface area (Å²) in [7, 11) is 1.70. The summed E-state index contributed by atoms with van der Waals surface area (Å²) in [5.41, 5.74) is 0. The molecule has 1 fully saturated rings. The highest BCUT2D eigenvalue weighted by Gasteiger charge is 2.22. The van der Waals surface area contributed by atoms with Crippen molar-refractivity contribution in [2.24, 2.45) is 5.92 Å². The molecule has 3 nitrogen and oxygen atoms in total. The monoisotopic (exact) mass is 174 g/mol. The smallest absolute Gasteiger partial charge is 0.0612 e. The predicted octanol–water partition coefficient (Wildman–Crippen LogP) is 0.810. The van der Waals surface area contributed by atoms with Crippen molar-refractivity contribution in [3.05, 3.63) is 0 Å². The number of ether oxygens (including phenoxy) is 2. The van der Waals surface area contributed by atoms with Crippen molar-refractivity contribution in [1.82, 2.24) is 0 Å². The Balaban J connectivity index is 2.11. The predicted molar refractivity (Wildman–Crippen MR) is 46.0 cm³/mol. The van der Waals surface area contributed by atoms with E-state index in [1.54, 1.807) is 7.11 Å². The van der Waals surface area contributed by atoms with E-state index in [-0.39, 0.29) is 6.10 Å². The van der Waals surface area contributed by atoms with Crippen LogP contribution in [0.3, 0.4) is 0 Å². The minimum Gasteiger partial charge on any atom is -0.393 e. The maximum absolute atomic E-state index is 9.55. The van der Waals surface area contributed by atoms with Gasteiger partial charge in [0.25, 0.3) is 0 Å². The average molecular weight is 174 g/mol. The van der Waals surface area contributed by atoms with Crippen molar-refractivity contribution in [3.63, 3.8) is 0 Å². The van der Waals surface area contributed by atoms with Crippen LogP contribution in [0.25, 0.3) is 0 Å². The molecule has 12 heavy (non-hydrogen) atoms. The molecule has 1 saturated heterocycles. The van der Waals surface area contributed by atoms with Crippen LogP contribution in [0.1, 0.15) is 19.3 Å². The van der Waals surface area contributed by atoms with Gasteiger partial charge in [-0.25, -0.2) is 0 Å². The lowest BCUT2D eigenvalue weighted by Crippen LogP contribution is -2.31. The number of methoxy groups -OCH3 is 1. The molecule has 0 saturated carbocycles. The van der Waals surface area contributed by atoms with Crippen LogP contribution in [0.5, 0.6) is 0 Å². The van der Waals surface area contributed by atoms with Crippen LogP contribution in [0.2, 0.25) is 0 Å². The van der Waals surface area contributed by atoms with Gasteiger partial charge in [0.2, 0.25) is 0 Å². The van der Waals surface area contributed by atoms with E-state index in [0.29, 0.717) is 19.1 Å². The summed E-state index contributed by atoms with van der Waals surface area (Å²) < 4.78 is 10.2. The molecule has 1 heterocycles. The number of hydrogen-bond acceptors (Lipinski definition) is 3. The Labute approximate surface area is 73.7 Å². The fraction of sp³-hybridized carbons (Fsp3) is 1.00. The minimum atomic E-state index is -0.157. The Hall–Kier alpha value is -0.120. The quantitative estimate of drug-likeness (QED) is 0.641. The van der Waals surface area contributed by atoms with Crippen LogP contribution in [-0.4, -0.2) is 38.1 Å². The van der Waals surface area contributed by atoms with Gasteiger partial charge in [0.05, 0.1) is 12.7 Å². The minimum absolute atomic E-state index is 0.157. The Morgan fingerprint density at radius 3 is 3.08 bits per heavy atom. The third-order valence-corrected chi connectivity index (χ3v) is 2.36. The fourth-order valence-corrected chi connectivity index (χ4v) is 1.55. The number of aliphatic hydroxyl groups is 1. The molecule has 1 N–H and O–H groups in total. The van der Waals surface area contributed by atoms with Gasteiger partial charge in [0.15, 0.2) is 0 Å². The summed E-state index contributed by atoms with van der Waals surface area (Å²) in [6.07, 6.45) is 2.66. The highest BCUT2D eigenvalue weighted by atomic mass is 16.5. The van der Waals surface area contributed by atoms with E-state index in [1.807, 2.05) is 0 Å². The molecule has 0 aromatic heterocycles. The molecule has 1 rings (SSSR count). The van der Waals surface area contributed by atoms with Crippen molar-refractivity contribution in [2.75, 3.05) is 26.9 Å². The van der Waals surface area contributed by atoms with Crippen molar-refractivity contribution in [1.29, 1.82) is 0 Å². The second-order valence-electron chi connectivity index (χ2n) is 3.33. The van der Waals surface area contributed by atoms with Gasteiger partial charge >= 0.3 is 0 Å². The van der Waals surface area contributed by atoms with Gasteiger partial charge in [-0.2, -0.15) is 0 Å². The zero-order valence-electron chi connectivity index (χ0n) is 7.66. The first kappa shape index (κ1) is 9.96. The highest BCUT2D eigenvalue weighted by molar-refractivity contribution is 4.72. The number of rotatable bonds is 4. The molecule has 0 aliphatic carbocycles. The molecule has 0 bridgehead atoms. The second-order valence-corrected chi connectivity index (χ2v) is 3.33. The van der Waals surface area contributed by atoms with E-state index in [1.165, 1.54) is 0 Å². The molecular formula is C9H18O3. The van der Waals surface area contributed by atoms with E-state index in [4.69, 9.17) is 9.47 Å².